The zero-order valence-corrected chi connectivity index (χ0v) is 16.9. The SMILES string of the molecule is CC=CN1Cc2cccc(-c3c(F)cc(C(N)=O)c4[nH]c(C)c(C)c34)c2C(F)(F)C1. The molecule has 0 aliphatic carbocycles. The van der Waals surface area contributed by atoms with Gasteiger partial charge in [-0.1, -0.05) is 24.3 Å². The first kappa shape index (κ1) is 20.1. The topological polar surface area (TPSA) is 62.1 Å². The smallest absolute Gasteiger partial charge is 0.291 e. The minimum absolute atomic E-state index is 0.00160. The molecule has 1 aromatic heterocycles. The summed E-state index contributed by atoms with van der Waals surface area (Å²) in [4.78, 5) is 16.5. The summed E-state index contributed by atoms with van der Waals surface area (Å²) in [6.45, 7) is 5.14. The molecular weight excluding hydrogens is 391 g/mol. The quantitative estimate of drug-likeness (QED) is 0.625. The van der Waals surface area contributed by atoms with Crippen LogP contribution in [0, 0.1) is 19.7 Å². The molecular formula is C23H22F3N3O. The molecule has 0 bridgehead atoms. The predicted octanol–water partition coefficient (Wildman–Crippen LogP) is 5.13. The Bertz CT molecular complexity index is 1210. The van der Waals surface area contributed by atoms with Crippen LogP contribution in [0.15, 0.2) is 36.5 Å². The maximum absolute atomic E-state index is 15.3. The molecule has 2 aromatic carbocycles. The molecule has 0 saturated heterocycles. The third kappa shape index (κ3) is 2.96. The van der Waals surface area contributed by atoms with E-state index >= 15 is 13.2 Å². The van der Waals surface area contributed by atoms with Gasteiger partial charge in [0.2, 0.25) is 0 Å². The number of fused-ring (bicyclic) bond motifs is 2. The molecule has 7 heteroatoms. The minimum atomic E-state index is -3.18. The Kier molecular flexibility index (Phi) is 4.64. The van der Waals surface area contributed by atoms with E-state index < -0.39 is 24.2 Å². The maximum atomic E-state index is 15.3. The number of carbonyl (C=O) groups is 1. The third-order valence-electron chi connectivity index (χ3n) is 5.72. The Morgan fingerprint density at radius 3 is 2.70 bits per heavy atom. The summed E-state index contributed by atoms with van der Waals surface area (Å²) in [5, 5.41) is 0.404. The van der Waals surface area contributed by atoms with Crippen LogP contribution in [0.1, 0.15) is 39.7 Å². The van der Waals surface area contributed by atoms with Gasteiger partial charge in [-0.15, -0.1) is 0 Å². The van der Waals surface area contributed by atoms with Crippen molar-refractivity contribution >= 4 is 16.8 Å². The lowest BCUT2D eigenvalue weighted by Gasteiger charge is -2.35. The first-order valence-corrected chi connectivity index (χ1v) is 9.64. The maximum Gasteiger partial charge on any atom is 0.291 e. The van der Waals surface area contributed by atoms with Gasteiger partial charge < -0.3 is 15.6 Å². The third-order valence-corrected chi connectivity index (χ3v) is 5.72. The Morgan fingerprint density at radius 1 is 1.30 bits per heavy atom. The fraction of sp³-hybridized carbons (Fsp3) is 0.261. The average Bonchev–Trinajstić information content (AvgIpc) is 2.95. The highest BCUT2D eigenvalue weighted by Gasteiger charge is 2.42. The van der Waals surface area contributed by atoms with E-state index in [0.717, 1.165) is 11.8 Å². The minimum Gasteiger partial charge on any atom is -0.367 e. The highest BCUT2D eigenvalue weighted by molar-refractivity contribution is 6.11. The molecule has 4 rings (SSSR count). The molecule has 0 unspecified atom stereocenters. The largest absolute Gasteiger partial charge is 0.367 e. The summed E-state index contributed by atoms with van der Waals surface area (Å²) in [5.74, 6) is -4.71. The number of nitrogens with one attached hydrogen (secondary N) is 1. The van der Waals surface area contributed by atoms with E-state index in [9.17, 15) is 4.79 Å². The predicted molar refractivity (Wildman–Crippen MR) is 111 cm³/mol. The van der Waals surface area contributed by atoms with Crippen LogP contribution >= 0.6 is 0 Å². The molecule has 0 atom stereocenters. The number of halogens is 3. The van der Waals surface area contributed by atoms with E-state index in [1.165, 1.54) is 6.07 Å². The van der Waals surface area contributed by atoms with E-state index in [1.807, 2.05) is 0 Å². The number of amides is 1. The van der Waals surface area contributed by atoms with Crippen molar-refractivity contribution in [3.05, 3.63) is 70.3 Å². The standard InChI is InChI=1S/C23H22F3N3O/c1-4-8-29-10-14-6-5-7-15(20(14)23(25,26)11-29)19-17(24)9-16(22(27)30)21-18(19)12(2)13(3)28-21/h4-9,28H,10-11H2,1-3H3,(H2,27,30). The van der Waals surface area contributed by atoms with Crippen LogP contribution in [0.5, 0.6) is 0 Å². The van der Waals surface area contributed by atoms with Gasteiger partial charge in [-0.25, -0.2) is 4.39 Å². The molecule has 1 aliphatic heterocycles. The van der Waals surface area contributed by atoms with Crippen molar-refractivity contribution in [1.29, 1.82) is 0 Å². The molecule has 4 nitrogen and oxygen atoms in total. The second-order valence-electron chi connectivity index (χ2n) is 7.70. The van der Waals surface area contributed by atoms with Crippen molar-refractivity contribution in [2.45, 2.75) is 33.2 Å². The average molecular weight is 413 g/mol. The Labute approximate surface area is 172 Å². The van der Waals surface area contributed by atoms with Crippen LogP contribution in [-0.2, 0) is 12.5 Å². The second kappa shape index (κ2) is 6.93. The number of nitrogens with two attached hydrogens (primary N) is 1. The highest BCUT2D eigenvalue weighted by Crippen LogP contribution is 2.46. The number of hydrogen-bond acceptors (Lipinski definition) is 2. The summed E-state index contributed by atoms with van der Waals surface area (Å²) in [6, 6.07) is 5.85. The van der Waals surface area contributed by atoms with E-state index in [4.69, 9.17) is 5.73 Å². The summed E-state index contributed by atoms with van der Waals surface area (Å²) in [6.07, 6.45) is 3.34. The van der Waals surface area contributed by atoms with Gasteiger partial charge in [-0.2, -0.15) is 8.78 Å². The number of hydrogen-bond donors (Lipinski definition) is 2. The van der Waals surface area contributed by atoms with Gasteiger partial charge in [0.05, 0.1) is 17.6 Å². The molecule has 3 aromatic rings. The number of nitrogens with zero attached hydrogens (tertiary/aromatic N) is 1. The summed E-state index contributed by atoms with van der Waals surface area (Å²) < 4.78 is 45.9. The van der Waals surface area contributed by atoms with Gasteiger partial charge >= 0.3 is 0 Å². The lowest BCUT2D eigenvalue weighted by Crippen LogP contribution is -2.38. The van der Waals surface area contributed by atoms with Crippen molar-refractivity contribution in [3.63, 3.8) is 0 Å². The van der Waals surface area contributed by atoms with Gasteiger partial charge in [0.1, 0.15) is 5.82 Å². The molecule has 0 radical (unpaired) electrons. The second-order valence-corrected chi connectivity index (χ2v) is 7.70. The van der Waals surface area contributed by atoms with Crippen LogP contribution in [0.2, 0.25) is 0 Å². The Morgan fingerprint density at radius 2 is 2.03 bits per heavy atom. The van der Waals surface area contributed by atoms with Gasteiger partial charge in [-0.3, -0.25) is 4.79 Å². The number of aryl methyl sites for hydroxylation is 2. The Hall–Kier alpha value is -3.22. The van der Waals surface area contributed by atoms with Crippen LogP contribution in [0.3, 0.4) is 0 Å². The number of aromatic nitrogens is 1. The lowest BCUT2D eigenvalue weighted by atomic mass is 9.86. The molecule has 0 saturated carbocycles. The van der Waals surface area contributed by atoms with Gasteiger partial charge in [0.25, 0.3) is 11.8 Å². The van der Waals surface area contributed by atoms with Gasteiger partial charge in [0.15, 0.2) is 0 Å². The molecule has 0 spiro atoms. The first-order chi connectivity index (χ1) is 14.2. The van der Waals surface area contributed by atoms with E-state index in [1.54, 1.807) is 50.1 Å². The van der Waals surface area contributed by atoms with Crippen LogP contribution < -0.4 is 5.73 Å². The number of carbonyl (C=O) groups excluding carboxylic acids is 1. The Balaban J connectivity index is 2.07. The van der Waals surface area contributed by atoms with Crippen LogP contribution in [0.25, 0.3) is 22.0 Å². The summed E-state index contributed by atoms with van der Waals surface area (Å²) >= 11 is 0. The zero-order valence-electron chi connectivity index (χ0n) is 16.9. The number of H-pyrrole nitrogens is 1. The number of allylic oxidation sites excluding steroid dienone is 1. The zero-order chi connectivity index (χ0) is 21.8. The highest BCUT2D eigenvalue weighted by atomic mass is 19.3. The van der Waals surface area contributed by atoms with E-state index in [-0.39, 0.29) is 22.3 Å². The van der Waals surface area contributed by atoms with Crippen LogP contribution in [-0.4, -0.2) is 22.3 Å². The van der Waals surface area contributed by atoms with Crippen molar-refractivity contribution in [2.24, 2.45) is 5.73 Å². The lowest BCUT2D eigenvalue weighted by molar-refractivity contribution is -0.0397. The van der Waals surface area contributed by atoms with Crippen molar-refractivity contribution in [2.75, 3.05) is 6.54 Å². The fourth-order valence-corrected chi connectivity index (χ4v) is 4.38. The van der Waals surface area contributed by atoms with Gasteiger partial charge in [-0.05, 0) is 49.7 Å². The fourth-order valence-electron chi connectivity index (χ4n) is 4.38. The number of aromatic amines is 1. The van der Waals surface area contributed by atoms with E-state index in [0.29, 0.717) is 28.6 Å². The number of primary amides is 1. The van der Waals surface area contributed by atoms with Gasteiger partial charge in [0, 0.05) is 28.8 Å². The summed E-state index contributed by atoms with van der Waals surface area (Å²) in [7, 11) is 0. The number of rotatable bonds is 3. The van der Waals surface area contributed by atoms with Crippen molar-refractivity contribution < 1.29 is 18.0 Å². The molecule has 30 heavy (non-hydrogen) atoms. The molecule has 0 fully saturated rings. The van der Waals surface area contributed by atoms with Crippen LogP contribution in [0.4, 0.5) is 13.2 Å². The molecule has 156 valence electrons. The molecule has 1 aliphatic rings. The molecule has 3 N–H and O–H groups in total. The number of alkyl halides is 2. The van der Waals surface area contributed by atoms with Crippen molar-refractivity contribution in [3.8, 4) is 11.1 Å². The first-order valence-electron chi connectivity index (χ1n) is 9.64. The summed E-state index contributed by atoms with van der Waals surface area (Å²) in [5.41, 5.74) is 7.68. The van der Waals surface area contributed by atoms with E-state index in [2.05, 4.69) is 4.98 Å². The molecule has 2 heterocycles. The normalized spacial score (nSPS) is 15.7. The monoisotopic (exact) mass is 413 g/mol. The van der Waals surface area contributed by atoms with Crippen molar-refractivity contribution in [1.82, 2.24) is 9.88 Å². The molecule has 1 amide bonds. The number of benzene rings is 2.